The van der Waals surface area contributed by atoms with Crippen molar-refractivity contribution >= 4 is 16.9 Å². The molecular weight excluding hydrogens is 366 g/mol. The molecule has 2 aromatic carbocycles. The van der Waals surface area contributed by atoms with Crippen molar-refractivity contribution in [3.8, 4) is 5.69 Å². The van der Waals surface area contributed by atoms with E-state index in [2.05, 4.69) is 20.3 Å². The molecule has 1 unspecified atom stereocenters. The lowest BCUT2D eigenvalue weighted by Gasteiger charge is -2.15. The van der Waals surface area contributed by atoms with E-state index in [1.165, 1.54) is 0 Å². The van der Waals surface area contributed by atoms with Crippen LogP contribution >= 0.6 is 0 Å². The molecule has 7 nitrogen and oxygen atoms in total. The van der Waals surface area contributed by atoms with E-state index in [4.69, 9.17) is 0 Å². The molecule has 0 fully saturated rings. The number of nitrogens with zero attached hydrogens (tertiary/aromatic N) is 3. The highest BCUT2D eigenvalue weighted by Gasteiger charge is 2.12. The molecule has 1 amide bonds. The van der Waals surface area contributed by atoms with Crippen molar-refractivity contribution in [2.45, 2.75) is 25.8 Å². The number of rotatable bonds is 6. The molecule has 0 saturated carbocycles. The van der Waals surface area contributed by atoms with Crippen molar-refractivity contribution in [1.29, 1.82) is 0 Å². The predicted molar refractivity (Wildman–Crippen MR) is 111 cm³/mol. The number of benzene rings is 2. The zero-order valence-corrected chi connectivity index (χ0v) is 16.0. The Balaban J connectivity index is 1.37. The van der Waals surface area contributed by atoms with E-state index >= 15 is 0 Å². The Bertz CT molecular complexity index is 1180. The van der Waals surface area contributed by atoms with Gasteiger partial charge in [0.1, 0.15) is 5.69 Å². The van der Waals surface area contributed by atoms with Gasteiger partial charge >= 0.3 is 0 Å². The minimum absolute atomic E-state index is 0.120. The summed E-state index contributed by atoms with van der Waals surface area (Å²) in [6.07, 6.45) is 5.84. The highest BCUT2D eigenvalue weighted by Crippen LogP contribution is 2.16. The molecule has 0 saturated heterocycles. The summed E-state index contributed by atoms with van der Waals surface area (Å²) in [5.74, 6) is -0.120. The molecule has 29 heavy (non-hydrogen) atoms. The number of aromatic nitrogens is 4. The maximum Gasteiger partial charge on any atom is 0.270 e. The zero-order valence-electron chi connectivity index (χ0n) is 16.0. The summed E-state index contributed by atoms with van der Waals surface area (Å²) in [5, 5.41) is 2.98. The molecule has 0 spiro atoms. The Morgan fingerprint density at radius 2 is 1.97 bits per heavy atom. The average molecular weight is 387 g/mol. The van der Waals surface area contributed by atoms with Crippen molar-refractivity contribution in [2.24, 2.45) is 0 Å². The highest BCUT2D eigenvalue weighted by molar-refractivity contribution is 5.77. The van der Waals surface area contributed by atoms with Gasteiger partial charge in [-0.3, -0.25) is 9.59 Å². The summed E-state index contributed by atoms with van der Waals surface area (Å²) in [4.78, 5) is 35.8. The van der Waals surface area contributed by atoms with Crippen LogP contribution in [0.25, 0.3) is 16.7 Å². The van der Waals surface area contributed by atoms with Crippen LogP contribution in [-0.4, -0.2) is 25.4 Å². The first-order valence-corrected chi connectivity index (χ1v) is 9.46. The Morgan fingerprint density at radius 1 is 1.17 bits per heavy atom. The lowest BCUT2D eigenvalue weighted by Crippen LogP contribution is -2.27. The van der Waals surface area contributed by atoms with Crippen LogP contribution in [0.15, 0.2) is 72.0 Å². The number of carbonyl (C=O) groups is 1. The normalized spacial score (nSPS) is 12.0. The second kappa shape index (κ2) is 8.10. The first kappa shape index (κ1) is 18.6. The third-order valence-corrected chi connectivity index (χ3v) is 4.83. The van der Waals surface area contributed by atoms with E-state index in [0.29, 0.717) is 16.7 Å². The number of imidazole rings is 1. The number of amides is 1. The van der Waals surface area contributed by atoms with Gasteiger partial charge in [-0.15, -0.1) is 0 Å². The molecule has 4 rings (SSSR count). The molecule has 1 atom stereocenters. The lowest BCUT2D eigenvalue weighted by atomic mass is 10.1. The number of aryl methyl sites for hydroxylation is 1. The van der Waals surface area contributed by atoms with E-state index in [1.54, 1.807) is 18.6 Å². The maximum absolute atomic E-state index is 12.4. The Morgan fingerprint density at radius 3 is 2.72 bits per heavy atom. The maximum atomic E-state index is 12.4. The number of aromatic amines is 1. The van der Waals surface area contributed by atoms with Crippen LogP contribution < -0.4 is 10.9 Å². The first-order chi connectivity index (χ1) is 14.1. The number of nitrogens with one attached hydrogen (secondary N) is 2. The average Bonchev–Trinajstić information content (AvgIpc) is 3.27. The Labute approximate surface area is 167 Å². The molecule has 2 heterocycles. The van der Waals surface area contributed by atoms with Gasteiger partial charge in [-0.1, -0.05) is 24.3 Å². The standard InChI is InChI=1S/C22H21N5O2/c1-15(16-6-8-17(9-7-16)27-13-12-23-14-27)24-21(28)11-10-20-22(29)26-19-5-3-2-4-18(19)25-20/h2-9,12-15H,10-11H2,1H3,(H,24,28)(H,26,29). The number of hydrogen-bond donors (Lipinski definition) is 2. The molecule has 0 bridgehead atoms. The molecular formula is C22H21N5O2. The summed E-state index contributed by atoms with van der Waals surface area (Å²) >= 11 is 0. The van der Waals surface area contributed by atoms with E-state index in [0.717, 1.165) is 11.3 Å². The molecule has 0 radical (unpaired) electrons. The van der Waals surface area contributed by atoms with Gasteiger partial charge in [-0.25, -0.2) is 9.97 Å². The molecule has 0 aliphatic rings. The third-order valence-electron chi connectivity index (χ3n) is 4.83. The fraction of sp³-hybridized carbons (Fsp3) is 0.182. The Hall–Kier alpha value is -3.74. The third kappa shape index (κ3) is 4.24. The molecule has 4 aromatic rings. The SMILES string of the molecule is CC(NC(=O)CCc1nc2ccccc2[nH]c1=O)c1ccc(-n2ccnc2)cc1. The van der Waals surface area contributed by atoms with E-state index in [9.17, 15) is 9.59 Å². The minimum atomic E-state index is -0.250. The van der Waals surface area contributed by atoms with Crippen LogP contribution in [0.4, 0.5) is 0 Å². The zero-order chi connectivity index (χ0) is 20.2. The second-order valence-corrected chi connectivity index (χ2v) is 6.88. The van der Waals surface area contributed by atoms with Crippen molar-refractivity contribution in [3.05, 3.63) is 88.9 Å². The largest absolute Gasteiger partial charge is 0.350 e. The van der Waals surface area contributed by atoms with Crippen molar-refractivity contribution < 1.29 is 4.79 Å². The van der Waals surface area contributed by atoms with Crippen molar-refractivity contribution in [3.63, 3.8) is 0 Å². The van der Waals surface area contributed by atoms with Crippen LogP contribution in [0, 0.1) is 0 Å². The van der Waals surface area contributed by atoms with Gasteiger partial charge in [0, 0.05) is 30.9 Å². The van der Waals surface area contributed by atoms with Gasteiger partial charge in [0.2, 0.25) is 5.91 Å². The Kier molecular flexibility index (Phi) is 5.20. The number of fused-ring (bicyclic) bond motifs is 1. The second-order valence-electron chi connectivity index (χ2n) is 6.88. The number of carbonyl (C=O) groups excluding carboxylic acids is 1. The van der Waals surface area contributed by atoms with Crippen molar-refractivity contribution in [1.82, 2.24) is 24.8 Å². The topological polar surface area (TPSA) is 92.7 Å². The molecule has 0 aliphatic heterocycles. The molecule has 0 aliphatic carbocycles. The number of H-pyrrole nitrogens is 1. The quantitative estimate of drug-likeness (QED) is 0.532. The summed E-state index contributed by atoms with van der Waals surface area (Å²) in [6, 6.07) is 15.1. The monoisotopic (exact) mass is 387 g/mol. The lowest BCUT2D eigenvalue weighted by molar-refractivity contribution is -0.121. The molecule has 2 N–H and O–H groups in total. The fourth-order valence-electron chi connectivity index (χ4n) is 3.21. The molecule has 7 heteroatoms. The summed E-state index contributed by atoms with van der Waals surface area (Å²) in [6.45, 7) is 1.94. The summed E-state index contributed by atoms with van der Waals surface area (Å²) in [7, 11) is 0. The van der Waals surface area contributed by atoms with Crippen LogP contribution in [0.3, 0.4) is 0 Å². The molecule has 2 aromatic heterocycles. The van der Waals surface area contributed by atoms with E-state index < -0.39 is 0 Å². The predicted octanol–water partition coefficient (Wildman–Crippen LogP) is 2.92. The smallest absolute Gasteiger partial charge is 0.270 e. The van der Waals surface area contributed by atoms with Crippen LogP contribution in [0.2, 0.25) is 0 Å². The number of hydrogen-bond acceptors (Lipinski definition) is 4. The number of para-hydroxylation sites is 2. The van der Waals surface area contributed by atoms with Gasteiger partial charge in [-0.05, 0) is 36.8 Å². The summed E-state index contributed by atoms with van der Waals surface area (Å²) < 4.78 is 1.92. The van der Waals surface area contributed by atoms with Gasteiger partial charge in [-0.2, -0.15) is 0 Å². The van der Waals surface area contributed by atoms with Crippen LogP contribution in [0.1, 0.15) is 30.6 Å². The highest BCUT2D eigenvalue weighted by atomic mass is 16.1. The van der Waals surface area contributed by atoms with Crippen LogP contribution in [-0.2, 0) is 11.2 Å². The van der Waals surface area contributed by atoms with Crippen LogP contribution in [0.5, 0.6) is 0 Å². The first-order valence-electron chi connectivity index (χ1n) is 9.46. The summed E-state index contributed by atoms with van der Waals surface area (Å²) in [5.41, 5.74) is 3.54. The van der Waals surface area contributed by atoms with E-state index in [-0.39, 0.29) is 30.3 Å². The van der Waals surface area contributed by atoms with E-state index in [1.807, 2.05) is 60.2 Å². The van der Waals surface area contributed by atoms with Gasteiger partial charge < -0.3 is 14.9 Å². The van der Waals surface area contributed by atoms with Gasteiger partial charge in [0.15, 0.2) is 0 Å². The van der Waals surface area contributed by atoms with Crippen molar-refractivity contribution in [2.75, 3.05) is 0 Å². The van der Waals surface area contributed by atoms with Gasteiger partial charge in [0.25, 0.3) is 5.56 Å². The minimum Gasteiger partial charge on any atom is -0.350 e. The fourth-order valence-corrected chi connectivity index (χ4v) is 3.21. The molecule has 146 valence electrons. The van der Waals surface area contributed by atoms with Gasteiger partial charge in [0.05, 0.1) is 23.4 Å².